The summed E-state index contributed by atoms with van der Waals surface area (Å²) in [6, 6.07) is 10.3. The van der Waals surface area contributed by atoms with E-state index in [1.54, 1.807) is 20.0 Å². The van der Waals surface area contributed by atoms with Gasteiger partial charge in [0.05, 0.1) is 6.42 Å². The molecule has 0 saturated heterocycles. The van der Waals surface area contributed by atoms with E-state index in [0.717, 1.165) is 26.5 Å². The highest BCUT2D eigenvalue weighted by molar-refractivity contribution is 7.19. The Morgan fingerprint density at radius 2 is 1.78 bits per heavy atom. The number of rotatable bonds is 6. The molecule has 3 rings (SSSR count). The zero-order chi connectivity index (χ0) is 23.6. The van der Waals surface area contributed by atoms with Crippen LogP contribution in [-0.4, -0.2) is 33.3 Å². The maximum atomic E-state index is 13.1. The van der Waals surface area contributed by atoms with Gasteiger partial charge in [0.15, 0.2) is 5.69 Å². The SMILES string of the molecule is Cc1cccc(C)c1-c1ccc(N(C(=O)NCCC(=O)O)c2c(O)cc(C)n(C)c2=O)s1. The molecule has 1 aromatic carbocycles. The van der Waals surface area contributed by atoms with E-state index >= 15 is 0 Å². The summed E-state index contributed by atoms with van der Waals surface area (Å²) < 4.78 is 1.34. The predicted molar refractivity (Wildman–Crippen MR) is 125 cm³/mol. The first-order valence-corrected chi connectivity index (χ1v) is 10.8. The number of nitrogens with zero attached hydrogens (tertiary/aromatic N) is 2. The summed E-state index contributed by atoms with van der Waals surface area (Å²) >= 11 is 1.30. The molecule has 32 heavy (non-hydrogen) atoms. The molecule has 8 nitrogen and oxygen atoms in total. The summed E-state index contributed by atoms with van der Waals surface area (Å²) in [5, 5.41) is 22.4. The van der Waals surface area contributed by atoms with Crippen molar-refractivity contribution in [2.24, 2.45) is 7.05 Å². The number of nitrogens with one attached hydrogen (secondary N) is 1. The van der Waals surface area contributed by atoms with E-state index < -0.39 is 17.6 Å². The minimum atomic E-state index is -1.06. The number of pyridine rings is 1. The summed E-state index contributed by atoms with van der Waals surface area (Å²) in [5.41, 5.74) is 2.98. The highest BCUT2D eigenvalue weighted by atomic mass is 32.1. The van der Waals surface area contributed by atoms with Crippen LogP contribution in [-0.2, 0) is 11.8 Å². The molecule has 2 aromatic heterocycles. The Balaban J connectivity index is 2.12. The molecule has 168 valence electrons. The van der Waals surface area contributed by atoms with Gasteiger partial charge in [0, 0.05) is 30.2 Å². The lowest BCUT2D eigenvalue weighted by Gasteiger charge is -2.23. The number of hydrogen-bond acceptors (Lipinski definition) is 5. The second-order valence-electron chi connectivity index (χ2n) is 7.50. The molecule has 3 aromatic rings. The van der Waals surface area contributed by atoms with Crippen LogP contribution in [0.25, 0.3) is 10.4 Å². The van der Waals surface area contributed by atoms with Crippen molar-refractivity contribution in [2.75, 3.05) is 11.4 Å². The number of anilines is 2. The number of carbonyl (C=O) groups excluding carboxylic acids is 1. The third kappa shape index (κ3) is 4.52. The summed E-state index contributed by atoms with van der Waals surface area (Å²) in [7, 11) is 1.55. The normalized spacial score (nSPS) is 10.8. The lowest BCUT2D eigenvalue weighted by atomic mass is 10.0. The third-order valence-electron chi connectivity index (χ3n) is 5.21. The van der Waals surface area contributed by atoms with Crippen LogP contribution in [0.5, 0.6) is 5.75 Å². The number of aryl methyl sites for hydroxylation is 3. The van der Waals surface area contributed by atoms with Crippen molar-refractivity contribution in [2.45, 2.75) is 27.2 Å². The minimum absolute atomic E-state index is 0.118. The average molecular weight is 456 g/mol. The molecule has 0 radical (unpaired) electrons. The van der Waals surface area contributed by atoms with Crippen molar-refractivity contribution in [1.29, 1.82) is 0 Å². The largest absolute Gasteiger partial charge is 0.505 e. The fourth-order valence-electron chi connectivity index (χ4n) is 3.45. The maximum Gasteiger partial charge on any atom is 0.327 e. The predicted octanol–water partition coefficient (Wildman–Crippen LogP) is 4.07. The molecule has 2 heterocycles. The fourth-order valence-corrected chi connectivity index (χ4v) is 4.64. The smallest absolute Gasteiger partial charge is 0.327 e. The van der Waals surface area contributed by atoms with E-state index in [-0.39, 0.29) is 24.4 Å². The van der Waals surface area contributed by atoms with Crippen molar-refractivity contribution in [3.05, 3.63) is 63.6 Å². The first-order chi connectivity index (χ1) is 15.1. The Labute approximate surface area is 189 Å². The number of carboxylic acid groups (broad SMARTS) is 1. The number of thiophene rings is 1. The van der Waals surface area contributed by atoms with Crippen molar-refractivity contribution in [3.8, 4) is 16.2 Å². The van der Waals surface area contributed by atoms with E-state index in [0.29, 0.717) is 10.7 Å². The number of aromatic hydroxyl groups is 1. The van der Waals surface area contributed by atoms with Crippen LogP contribution in [0.1, 0.15) is 23.2 Å². The van der Waals surface area contributed by atoms with Gasteiger partial charge in [0.1, 0.15) is 10.8 Å². The third-order valence-corrected chi connectivity index (χ3v) is 6.29. The quantitative estimate of drug-likeness (QED) is 0.519. The standard InChI is InChI=1S/C23H25N3O5S/c1-13-6-5-7-14(2)20(13)17-8-9-18(32-17)26(23(31)24-11-10-19(28)29)21-16(27)12-15(3)25(4)22(21)30/h5-9,12,27H,10-11H2,1-4H3,(H,24,31)(H,28,29). The van der Waals surface area contributed by atoms with Crippen molar-refractivity contribution < 1.29 is 19.8 Å². The Kier molecular flexibility index (Phi) is 6.69. The van der Waals surface area contributed by atoms with Gasteiger partial charge in [-0.05, 0) is 49.6 Å². The Morgan fingerprint density at radius 1 is 1.12 bits per heavy atom. The first kappa shape index (κ1) is 23.1. The van der Waals surface area contributed by atoms with Crippen LogP contribution in [0.2, 0.25) is 0 Å². The number of hydrogen-bond donors (Lipinski definition) is 3. The summed E-state index contributed by atoms with van der Waals surface area (Å²) in [6.07, 6.45) is -0.268. The Hall–Kier alpha value is -3.59. The molecular weight excluding hydrogens is 430 g/mol. The van der Waals surface area contributed by atoms with Gasteiger partial charge in [-0.15, -0.1) is 11.3 Å². The number of aliphatic carboxylic acids is 1. The minimum Gasteiger partial charge on any atom is -0.505 e. The van der Waals surface area contributed by atoms with Gasteiger partial charge < -0.3 is 20.1 Å². The molecule has 0 aliphatic carbocycles. The van der Waals surface area contributed by atoms with Crippen LogP contribution in [0.4, 0.5) is 15.5 Å². The van der Waals surface area contributed by atoms with Gasteiger partial charge in [0.2, 0.25) is 0 Å². The van der Waals surface area contributed by atoms with Crippen molar-refractivity contribution in [3.63, 3.8) is 0 Å². The number of amides is 2. The lowest BCUT2D eigenvalue weighted by Crippen LogP contribution is -2.40. The van der Waals surface area contributed by atoms with Crippen LogP contribution >= 0.6 is 11.3 Å². The van der Waals surface area contributed by atoms with Crippen molar-refractivity contribution in [1.82, 2.24) is 9.88 Å². The number of carboxylic acids is 1. The van der Waals surface area contributed by atoms with Gasteiger partial charge in [-0.1, -0.05) is 18.2 Å². The molecule has 0 unspecified atom stereocenters. The molecule has 0 fully saturated rings. The second-order valence-corrected chi connectivity index (χ2v) is 8.56. The van der Waals surface area contributed by atoms with Gasteiger partial charge in [-0.3, -0.25) is 9.59 Å². The molecule has 9 heteroatoms. The summed E-state index contributed by atoms with van der Waals surface area (Å²) in [5.74, 6) is -1.39. The Bertz CT molecular complexity index is 1220. The topological polar surface area (TPSA) is 112 Å². The maximum absolute atomic E-state index is 13.1. The lowest BCUT2D eigenvalue weighted by molar-refractivity contribution is -0.136. The van der Waals surface area contributed by atoms with Crippen LogP contribution in [0, 0.1) is 20.8 Å². The van der Waals surface area contributed by atoms with Crippen molar-refractivity contribution >= 4 is 34.0 Å². The summed E-state index contributed by atoms with van der Waals surface area (Å²) in [6.45, 7) is 5.55. The van der Waals surface area contributed by atoms with Gasteiger partial charge in [0.25, 0.3) is 5.56 Å². The first-order valence-electron chi connectivity index (χ1n) is 9.97. The highest BCUT2D eigenvalue weighted by Gasteiger charge is 2.27. The second kappa shape index (κ2) is 9.27. The molecule has 0 spiro atoms. The van der Waals surface area contributed by atoms with E-state index in [4.69, 9.17) is 5.11 Å². The van der Waals surface area contributed by atoms with Gasteiger partial charge in [-0.2, -0.15) is 0 Å². The molecule has 0 atom stereocenters. The van der Waals surface area contributed by atoms with E-state index in [1.807, 2.05) is 38.1 Å². The number of aromatic nitrogens is 1. The molecule has 3 N–H and O–H groups in total. The highest BCUT2D eigenvalue weighted by Crippen LogP contribution is 2.40. The molecular formula is C23H25N3O5S. The molecule has 0 aliphatic rings. The van der Waals surface area contributed by atoms with E-state index in [2.05, 4.69) is 5.32 Å². The van der Waals surface area contributed by atoms with Crippen LogP contribution < -0.4 is 15.8 Å². The average Bonchev–Trinajstić information content (AvgIpc) is 3.18. The van der Waals surface area contributed by atoms with Crippen LogP contribution in [0.15, 0.2) is 41.2 Å². The Morgan fingerprint density at radius 3 is 2.41 bits per heavy atom. The number of benzene rings is 1. The number of urea groups is 1. The molecule has 0 bridgehead atoms. The summed E-state index contributed by atoms with van der Waals surface area (Å²) in [4.78, 5) is 38.9. The monoisotopic (exact) mass is 455 g/mol. The van der Waals surface area contributed by atoms with E-state index in [1.165, 1.54) is 22.0 Å². The zero-order valence-electron chi connectivity index (χ0n) is 18.3. The fraction of sp³-hybridized carbons (Fsp3) is 0.261. The molecule has 2 amide bonds. The van der Waals surface area contributed by atoms with E-state index in [9.17, 15) is 19.5 Å². The molecule has 0 saturated carbocycles. The molecule has 0 aliphatic heterocycles. The van der Waals surface area contributed by atoms with Crippen LogP contribution in [0.3, 0.4) is 0 Å². The van der Waals surface area contributed by atoms with Gasteiger partial charge in [-0.25, -0.2) is 9.69 Å². The number of carbonyl (C=O) groups is 2. The van der Waals surface area contributed by atoms with Gasteiger partial charge >= 0.3 is 12.0 Å². The zero-order valence-corrected chi connectivity index (χ0v) is 19.1.